The number of unbranched alkanes of at least 4 members (excludes halogenated alkanes) is 4. The molecule has 33 heavy (non-hydrogen) atoms. The van der Waals surface area contributed by atoms with Crippen molar-refractivity contribution in [3.8, 4) is 0 Å². The lowest BCUT2D eigenvalue weighted by Gasteiger charge is -2.48. The molecule has 2 aromatic carbocycles. The van der Waals surface area contributed by atoms with Crippen LogP contribution in [0.5, 0.6) is 0 Å². The average Bonchev–Trinajstić information content (AvgIpc) is 2.78. The van der Waals surface area contributed by atoms with Crippen molar-refractivity contribution in [1.82, 2.24) is 5.32 Å². The first-order chi connectivity index (χ1) is 15.8. The van der Waals surface area contributed by atoms with E-state index in [2.05, 4.69) is 24.4 Å². The van der Waals surface area contributed by atoms with Crippen LogP contribution in [0.4, 0.5) is 8.78 Å². The van der Waals surface area contributed by atoms with Crippen molar-refractivity contribution >= 4 is 17.7 Å². The number of carbonyl (C=O) groups is 1. The van der Waals surface area contributed by atoms with Gasteiger partial charge in [-0.05, 0) is 48.6 Å². The molecule has 1 unspecified atom stereocenters. The van der Waals surface area contributed by atoms with Crippen LogP contribution in [0.15, 0.2) is 53.4 Å². The molecule has 0 aromatic heterocycles. The zero-order valence-corrected chi connectivity index (χ0v) is 20.9. The molecule has 0 aliphatic heterocycles. The molecular weight excluding hydrogens is 436 g/mol. The fourth-order valence-electron chi connectivity index (χ4n) is 4.99. The summed E-state index contributed by atoms with van der Waals surface area (Å²) in [4.78, 5) is 14.0. The van der Waals surface area contributed by atoms with E-state index >= 15 is 0 Å². The van der Waals surface area contributed by atoms with Gasteiger partial charge in [0.2, 0.25) is 0 Å². The molecule has 0 saturated heterocycles. The Morgan fingerprint density at radius 2 is 1.79 bits per heavy atom. The molecule has 1 N–H and O–H groups in total. The topological polar surface area (TPSA) is 29.1 Å². The predicted molar refractivity (Wildman–Crippen MR) is 134 cm³/mol. The van der Waals surface area contributed by atoms with Crippen molar-refractivity contribution in [2.45, 2.75) is 88.5 Å². The third-order valence-electron chi connectivity index (χ3n) is 7.10. The summed E-state index contributed by atoms with van der Waals surface area (Å²) in [6.07, 6.45) is 12.5. The van der Waals surface area contributed by atoms with Crippen LogP contribution in [0.2, 0.25) is 0 Å². The second kappa shape index (κ2) is 11.5. The van der Waals surface area contributed by atoms with E-state index in [1.54, 1.807) is 6.07 Å². The summed E-state index contributed by atoms with van der Waals surface area (Å²) in [7, 11) is 0. The third kappa shape index (κ3) is 6.38. The fourth-order valence-corrected chi connectivity index (χ4v) is 5.62. The molecule has 1 fully saturated rings. The second-order valence-electron chi connectivity index (χ2n) is 9.50. The molecule has 0 spiro atoms. The minimum atomic E-state index is -2.93. The van der Waals surface area contributed by atoms with Gasteiger partial charge in [-0.25, -0.2) is 8.78 Å². The number of benzene rings is 2. The second-order valence-corrected chi connectivity index (χ2v) is 10.3. The van der Waals surface area contributed by atoms with Gasteiger partial charge in [-0.1, -0.05) is 81.8 Å². The molecule has 1 aliphatic rings. The maximum absolute atomic E-state index is 13.8. The highest BCUT2D eigenvalue weighted by molar-refractivity contribution is 7.98. The van der Waals surface area contributed by atoms with Gasteiger partial charge in [-0.15, -0.1) is 11.8 Å². The van der Waals surface area contributed by atoms with Crippen LogP contribution >= 0.6 is 11.8 Å². The number of alkyl halides is 2. The fraction of sp³-hybridized carbons (Fsp3) is 0.536. The Balaban J connectivity index is 1.85. The molecule has 0 heterocycles. The summed E-state index contributed by atoms with van der Waals surface area (Å²) < 4.78 is 27.7. The summed E-state index contributed by atoms with van der Waals surface area (Å²) in [6.45, 7) is 3.11. The molecule has 180 valence electrons. The minimum Gasteiger partial charge on any atom is -0.345 e. The smallest absolute Gasteiger partial charge is 0.270 e. The molecule has 1 amide bonds. The Kier molecular flexibility index (Phi) is 8.97. The molecular formula is C28H37F2NOS. The van der Waals surface area contributed by atoms with Crippen LogP contribution in [-0.2, 0) is 5.92 Å². The number of carbonyl (C=O) groups excluding carboxylic acids is 1. The average molecular weight is 474 g/mol. The number of amides is 1. The Hall–Kier alpha value is -1.88. The summed E-state index contributed by atoms with van der Waals surface area (Å²) in [5, 5.41) is 3.34. The molecule has 1 atom stereocenters. The van der Waals surface area contributed by atoms with Gasteiger partial charge in [0.25, 0.3) is 11.8 Å². The quantitative estimate of drug-likeness (QED) is 0.247. The summed E-state index contributed by atoms with van der Waals surface area (Å²) in [5.74, 6) is -3.11. The van der Waals surface area contributed by atoms with Gasteiger partial charge in [0.05, 0.1) is 11.6 Å². The molecule has 5 heteroatoms. The standard InChI is InChI=1S/C28H37F2NOS/c1-4-5-6-7-11-17-28(18-12-19-28)25(21-13-9-8-10-14-21)31-26(32)23-16-15-22(27(2,29)30)20-24(23)33-3/h8-10,13-16,20,25H,4-7,11-12,17-19H2,1-3H3,(H,31,32). The van der Waals surface area contributed by atoms with Crippen molar-refractivity contribution < 1.29 is 13.6 Å². The first-order valence-corrected chi connectivity index (χ1v) is 13.5. The maximum Gasteiger partial charge on any atom is 0.270 e. The van der Waals surface area contributed by atoms with Crippen molar-refractivity contribution in [3.63, 3.8) is 0 Å². The van der Waals surface area contributed by atoms with Crippen molar-refractivity contribution in [1.29, 1.82) is 0 Å². The van der Waals surface area contributed by atoms with E-state index in [9.17, 15) is 13.6 Å². The molecule has 1 saturated carbocycles. The first kappa shape index (κ1) is 25.7. The van der Waals surface area contributed by atoms with E-state index in [0.717, 1.165) is 31.7 Å². The monoisotopic (exact) mass is 473 g/mol. The Morgan fingerprint density at radius 3 is 2.36 bits per heavy atom. The largest absolute Gasteiger partial charge is 0.345 e. The molecule has 2 nitrogen and oxygen atoms in total. The van der Waals surface area contributed by atoms with E-state index in [1.165, 1.54) is 62.4 Å². The Morgan fingerprint density at radius 1 is 1.09 bits per heavy atom. The van der Waals surface area contributed by atoms with Gasteiger partial charge in [-0.2, -0.15) is 0 Å². The maximum atomic E-state index is 13.8. The van der Waals surface area contributed by atoms with E-state index in [-0.39, 0.29) is 22.9 Å². The van der Waals surface area contributed by atoms with Gasteiger partial charge in [0, 0.05) is 17.4 Å². The summed E-state index contributed by atoms with van der Waals surface area (Å²) in [5.41, 5.74) is 1.60. The van der Waals surface area contributed by atoms with Crippen molar-refractivity contribution in [2.24, 2.45) is 5.41 Å². The lowest BCUT2D eigenvalue weighted by Crippen LogP contribution is -2.45. The molecule has 0 radical (unpaired) electrons. The summed E-state index contributed by atoms with van der Waals surface area (Å²) >= 11 is 1.33. The normalized spacial score (nSPS) is 16.2. The molecule has 1 aliphatic carbocycles. The van der Waals surface area contributed by atoms with Crippen molar-refractivity contribution in [2.75, 3.05) is 6.26 Å². The number of hydrogen-bond acceptors (Lipinski definition) is 2. The highest BCUT2D eigenvalue weighted by Crippen LogP contribution is 2.54. The van der Waals surface area contributed by atoms with E-state index < -0.39 is 5.92 Å². The van der Waals surface area contributed by atoms with E-state index in [4.69, 9.17) is 0 Å². The number of rotatable bonds is 12. The van der Waals surface area contributed by atoms with Gasteiger partial charge in [0.1, 0.15) is 0 Å². The zero-order valence-electron chi connectivity index (χ0n) is 20.1. The lowest BCUT2D eigenvalue weighted by atomic mass is 9.60. The number of thioether (sulfide) groups is 1. The summed E-state index contributed by atoms with van der Waals surface area (Å²) in [6, 6.07) is 14.5. The number of nitrogens with one attached hydrogen (secondary N) is 1. The van der Waals surface area contributed by atoms with Crippen LogP contribution < -0.4 is 5.32 Å². The zero-order chi connectivity index (χ0) is 23.9. The minimum absolute atomic E-state index is 0.0643. The van der Waals surface area contributed by atoms with Crippen LogP contribution in [0.25, 0.3) is 0 Å². The highest BCUT2D eigenvalue weighted by atomic mass is 32.2. The van der Waals surface area contributed by atoms with Gasteiger partial charge < -0.3 is 5.32 Å². The van der Waals surface area contributed by atoms with E-state index in [0.29, 0.717) is 10.5 Å². The van der Waals surface area contributed by atoms with Gasteiger partial charge in [0.15, 0.2) is 0 Å². The SMILES string of the molecule is CCCCCCCC1(C(NC(=O)c2ccc(C(C)(F)F)cc2SC)c2ccccc2)CCC1. The number of halogens is 2. The van der Waals surface area contributed by atoms with E-state index in [1.807, 2.05) is 24.5 Å². The molecule has 3 rings (SSSR count). The molecule has 2 aromatic rings. The van der Waals surface area contributed by atoms with Crippen LogP contribution in [0, 0.1) is 5.41 Å². The Bertz CT molecular complexity index is 906. The van der Waals surface area contributed by atoms with Crippen LogP contribution in [0.1, 0.15) is 99.2 Å². The molecule has 0 bridgehead atoms. The van der Waals surface area contributed by atoms with Crippen LogP contribution in [-0.4, -0.2) is 12.2 Å². The first-order valence-electron chi connectivity index (χ1n) is 12.2. The number of hydrogen-bond donors (Lipinski definition) is 1. The Labute approximate surface area is 201 Å². The van der Waals surface area contributed by atoms with Gasteiger partial charge in [-0.3, -0.25) is 4.79 Å². The third-order valence-corrected chi connectivity index (χ3v) is 7.88. The predicted octanol–water partition coefficient (Wildman–Crippen LogP) is 8.52. The van der Waals surface area contributed by atoms with Crippen molar-refractivity contribution in [3.05, 3.63) is 65.2 Å². The lowest BCUT2D eigenvalue weighted by molar-refractivity contribution is 0.0172. The van der Waals surface area contributed by atoms with Crippen LogP contribution in [0.3, 0.4) is 0 Å². The van der Waals surface area contributed by atoms with Gasteiger partial charge >= 0.3 is 0 Å². The highest BCUT2D eigenvalue weighted by Gasteiger charge is 2.45.